The molecular weight excluding hydrogens is 492 g/mol. The predicted octanol–water partition coefficient (Wildman–Crippen LogP) is 2.62. The number of hydrogen-bond acceptors (Lipinski definition) is 9. The molecule has 38 heavy (non-hydrogen) atoms. The van der Waals surface area contributed by atoms with E-state index in [2.05, 4.69) is 4.90 Å². The van der Waals surface area contributed by atoms with Gasteiger partial charge in [0.15, 0.2) is 23.0 Å². The number of rotatable bonds is 8. The summed E-state index contributed by atoms with van der Waals surface area (Å²) in [6.07, 6.45) is 0.653. The van der Waals surface area contributed by atoms with Gasteiger partial charge in [0.25, 0.3) is 11.7 Å². The maximum Gasteiger partial charge on any atom is 0.295 e. The Hall–Kier alpha value is -3.76. The maximum absolute atomic E-state index is 13.5. The van der Waals surface area contributed by atoms with Crippen LogP contribution in [0.15, 0.2) is 42.0 Å². The topological polar surface area (TPSA) is 107 Å². The van der Waals surface area contributed by atoms with Crippen LogP contribution in [-0.2, 0) is 14.3 Å². The van der Waals surface area contributed by atoms with Crippen molar-refractivity contribution in [2.45, 2.75) is 12.5 Å². The summed E-state index contributed by atoms with van der Waals surface area (Å²) in [5, 5.41) is 11.5. The zero-order valence-corrected chi connectivity index (χ0v) is 21.6. The normalized spacial score (nSPS) is 21.0. The molecule has 3 heterocycles. The zero-order chi connectivity index (χ0) is 26.6. The molecule has 202 valence electrons. The van der Waals surface area contributed by atoms with Crippen molar-refractivity contribution in [3.05, 3.63) is 53.1 Å². The third-order valence-corrected chi connectivity index (χ3v) is 7.06. The maximum atomic E-state index is 13.5. The fourth-order valence-corrected chi connectivity index (χ4v) is 5.20. The largest absolute Gasteiger partial charge is 0.507 e. The molecule has 1 amide bonds. The minimum atomic E-state index is -0.863. The van der Waals surface area contributed by atoms with Crippen molar-refractivity contribution >= 4 is 17.4 Å². The van der Waals surface area contributed by atoms with Crippen molar-refractivity contribution in [2.75, 3.05) is 66.8 Å². The number of fused-ring (bicyclic) bond motifs is 1. The van der Waals surface area contributed by atoms with Gasteiger partial charge in [-0.1, -0.05) is 12.1 Å². The molecule has 1 N–H and O–H groups in total. The fourth-order valence-electron chi connectivity index (χ4n) is 5.20. The smallest absolute Gasteiger partial charge is 0.295 e. The molecule has 0 aromatic heterocycles. The number of aliphatic hydroxyl groups excluding tert-OH is 1. The Balaban J connectivity index is 1.55. The first-order valence-electron chi connectivity index (χ1n) is 12.7. The monoisotopic (exact) mass is 524 g/mol. The number of carbonyl (C=O) groups excluding carboxylic acids is 2. The number of carbonyl (C=O) groups is 2. The highest BCUT2D eigenvalue weighted by atomic mass is 16.6. The van der Waals surface area contributed by atoms with Crippen LogP contribution in [0.5, 0.6) is 23.0 Å². The average Bonchev–Trinajstić information content (AvgIpc) is 3.21. The molecule has 2 aromatic carbocycles. The molecule has 0 spiro atoms. The van der Waals surface area contributed by atoms with E-state index in [1.807, 2.05) is 0 Å². The Bertz CT molecular complexity index is 1240. The van der Waals surface area contributed by atoms with Gasteiger partial charge >= 0.3 is 0 Å². The number of ether oxygens (including phenoxy) is 5. The molecule has 10 heteroatoms. The van der Waals surface area contributed by atoms with E-state index in [1.165, 1.54) is 19.1 Å². The van der Waals surface area contributed by atoms with E-state index in [-0.39, 0.29) is 11.3 Å². The summed E-state index contributed by atoms with van der Waals surface area (Å²) in [6, 6.07) is 9.39. The minimum absolute atomic E-state index is 0.00963. The second-order valence-electron chi connectivity index (χ2n) is 9.24. The Morgan fingerprint density at radius 1 is 0.974 bits per heavy atom. The number of para-hydroxylation sites is 1. The molecule has 5 rings (SSSR count). The van der Waals surface area contributed by atoms with Gasteiger partial charge in [-0.2, -0.15) is 0 Å². The Morgan fingerprint density at radius 3 is 2.47 bits per heavy atom. The molecule has 3 aliphatic heterocycles. The molecule has 2 saturated heterocycles. The van der Waals surface area contributed by atoms with E-state index in [4.69, 9.17) is 23.7 Å². The van der Waals surface area contributed by atoms with Gasteiger partial charge in [-0.3, -0.25) is 14.5 Å². The van der Waals surface area contributed by atoms with E-state index < -0.39 is 17.7 Å². The van der Waals surface area contributed by atoms with Crippen LogP contribution in [0.2, 0.25) is 0 Å². The van der Waals surface area contributed by atoms with Crippen LogP contribution < -0.4 is 18.9 Å². The van der Waals surface area contributed by atoms with Gasteiger partial charge in [0.05, 0.1) is 39.0 Å². The number of morpholine rings is 1. The summed E-state index contributed by atoms with van der Waals surface area (Å²) in [5.74, 6) is 0.180. The van der Waals surface area contributed by atoms with Gasteiger partial charge in [0.2, 0.25) is 0 Å². The molecule has 0 bridgehead atoms. The minimum Gasteiger partial charge on any atom is -0.507 e. The van der Waals surface area contributed by atoms with Crippen LogP contribution in [0, 0.1) is 0 Å². The number of benzene rings is 2. The SMILES string of the molecule is COc1cccc([C@H]2/C(=C(\O)c3ccc4c(c3)OCCO4)C(=O)C(=O)N2CCCN2CCOCC2)c1OC. The summed E-state index contributed by atoms with van der Waals surface area (Å²) < 4.78 is 27.8. The average molecular weight is 525 g/mol. The second-order valence-corrected chi connectivity index (χ2v) is 9.24. The molecule has 2 fully saturated rings. The van der Waals surface area contributed by atoms with Crippen LogP contribution in [0.4, 0.5) is 0 Å². The first-order chi connectivity index (χ1) is 18.5. The highest BCUT2D eigenvalue weighted by Gasteiger charge is 2.47. The highest BCUT2D eigenvalue weighted by molar-refractivity contribution is 6.46. The van der Waals surface area contributed by atoms with Gasteiger partial charge in [0.1, 0.15) is 19.0 Å². The van der Waals surface area contributed by atoms with Gasteiger partial charge in [0, 0.05) is 37.3 Å². The molecule has 0 saturated carbocycles. The standard InChI is InChI=1S/C28H32N2O8/c1-34-21-6-3-5-19(27(21)35-2)24-23(25(31)18-7-8-20-22(17-18)38-16-15-37-20)26(32)28(33)30(24)10-4-9-29-11-13-36-14-12-29/h3,5-8,17,24,31H,4,9-16H2,1-2H3/b25-23+/t24-/m0/s1. The fraction of sp³-hybridized carbons (Fsp3) is 0.429. The number of aliphatic hydroxyl groups is 1. The third-order valence-electron chi connectivity index (χ3n) is 7.06. The lowest BCUT2D eigenvalue weighted by atomic mass is 9.94. The van der Waals surface area contributed by atoms with Crippen molar-refractivity contribution in [3.63, 3.8) is 0 Å². The van der Waals surface area contributed by atoms with Crippen molar-refractivity contribution in [2.24, 2.45) is 0 Å². The summed E-state index contributed by atoms with van der Waals surface area (Å²) >= 11 is 0. The lowest BCUT2D eigenvalue weighted by Gasteiger charge is -2.30. The van der Waals surface area contributed by atoms with Crippen molar-refractivity contribution in [1.82, 2.24) is 9.80 Å². The van der Waals surface area contributed by atoms with Gasteiger partial charge in [-0.25, -0.2) is 0 Å². The lowest BCUT2D eigenvalue weighted by molar-refractivity contribution is -0.140. The van der Waals surface area contributed by atoms with Crippen molar-refractivity contribution < 1.29 is 38.4 Å². The summed E-state index contributed by atoms with van der Waals surface area (Å²) in [7, 11) is 3.03. The number of nitrogens with zero attached hydrogens (tertiary/aromatic N) is 2. The van der Waals surface area contributed by atoms with E-state index >= 15 is 0 Å². The first kappa shape index (κ1) is 25.9. The molecule has 0 radical (unpaired) electrons. The van der Waals surface area contributed by atoms with Crippen molar-refractivity contribution in [3.8, 4) is 23.0 Å². The molecule has 10 nitrogen and oxygen atoms in total. The van der Waals surface area contributed by atoms with Crippen molar-refractivity contribution in [1.29, 1.82) is 0 Å². The Labute approximate surface area is 221 Å². The van der Waals surface area contributed by atoms with Crippen LogP contribution in [0.1, 0.15) is 23.6 Å². The summed E-state index contributed by atoms with van der Waals surface area (Å²) in [4.78, 5) is 30.6. The lowest BCUT2D eigenvalue weighted by Crippen LogP contribution is -2.39. The summed E-state index contributed by atoms with van der Waals surface area (Å²) in [5.41, 5.74) is 0.897. The van der Waals surface area contributed by atoms with Gasteiger partial charge in [-0.05, 0) is 30.7 Å². The quantitative estimate of drug-likeness (QED) is 0.317. The Kier molecular flexibility index (Phi) is 7.71. The first-order valence-corrected chi connectivity index (χ1v) is 12.7. The van der Waals surface area contributed by atoms with Gasteiger partial charge in [-0.15, -0.1) is 0 Å². The number of hydrogen-bond donors (Lipinski definition) is 1. The molecule has 2 aromatic rings. The van der Waals surface area contributed by atoms with E-state index in [9.17, 15) is 14.7 Å². The zero-order valence-electron chi connectivity index (χ0n) is 21.6. The van der Waals surface area contributed by atoms with Gasteiger partial charge < -0.3 is 33.7 Å². The second kappa shape index (κ2) is 11.3. The molecule has 0 unspecified atom stereocenters. The Morgan fingerprint density at radius 2 is 1.74 bits per heavy atom. The number of amides is 1. The molecule has 3 aliphatic rings. The van der Waals surface area contributed by atoms with E-state index in [0.29, 0.717) is 73.5 Å². The predicted molar refractivity (Wildman–Crippen MR) is 138 cm³/mol. The number of ketones is 1. The summed E-state index contributed by atoms with van der Waals surface area (Å²) in [6.45, 7) is 4.92. The molecule has 1 atom stereocenters. The van der Waals surface area contributed by atoms with Crippen LogP contribution in [0.25, 0.3) is 5.76 Å². The highest BCUT2D eigenvalue weighted by Crippen LogP contribution is 2.46. The van der Waals surface area contributed by atoms with Crippen LogP contribution >= 0.6 is 0 Å². The van der Waals surface area contributed by atoms with Crippen LogP contribution in [-0.4, -0.2) is 93.4 Å². The number of Topliss-reactive ketones (excluding diaryl/α,β-unsaturated/α-hetero) is 1. The number of methoxy groups -OCH3 is 2. The number of likely N-dealkylation sites (tertiary alicyclic amines) is 1. The van der Waals surface area contributed by atoms with E-state index in [1.54, 1.807) is 36.4 Å². The molecular formula is C28H32N2O8. The van der Waals surface area contributed by atoms with Crippen LogP contribution in [0.3, 0.4) is 0 Å². The van der Waals surface area contributed by atoms with E-state index in [0.717, 1.165) is 19.6 Å². The molecule has 0 aliphatic carbocycles. The third kappa shape index (κ3) is 4.89.